The van der Waals surface area contributed by atoms with Gasteiger partial charge in [0.2, 0.25) is 5.91 Å². The van der Waals surface area contributed by atoms with Crippen molar-refractivity contribution in [3.8, 4) is 11.3 Å². The van der Waals surface area contributed by atoms with Crippen molar-refractivity contribution in [3.63, 3.8) is 0 Å². The number of carbonyl (C=O) groups excluding carboxylic acids is 1. The first-order valence-electron chi connectivity index (χ1n) is 6.90. The molecule has 0 aliphatic carbocycles. The van der Waals surface area contributed by atoms with Crippen LogP contribution in [0.4, 0.5) is 10.1 Å². The molecule has 6 heteroatoms. The molecule has 0 atom stereocenters. The summed E-state index contributed by atoms with van der Waals surface area (Å²) >= 11 is 2.84. The molecule has 0 radical (unpaired) electrons. The Kier molecular flexibility index (Phi) is 5.05. The molecule has 3 aromatic rings. The van der Waals surface area contributed by atoms with Crippen molar-refractivity contribution in [2.75, 3.05) is 11.1 Å². The molecular weight excluding hydrogens is 331 g/mol. The van der Waals surface area contributed by atoms with Gasteiger partial charge in [-0.25, -0.2) is 9.37 Å². The molecule has 0 bridgehead atoms. The molecule has 0 aliphatic rings. The average molecular weight is 344 g/mol. The third kappa shape index (κ3) is 4.18. The Hall–Kier alpha value is -2.18. The summed E-state index contributed by atoms with van der Waals surface area (Å²) in [6, 6.07) is 16.0. The van der Waals surface area contributed by atoms with Crippen molar-refractivity contribution >= 4 is 34.7 Å². The van der Waals surface area contributed by atoms with Crippen molar-refractivity contribution < 1.29 is 9.18 Å². The number of para-hydroxylation sites is 1. The van der Waals surface area contributed by atoms with Crippen LogP contribution < -0.4 is 5.32 Å². The monoisotopic (exact) mass is 344 g/mol. The molecule has 0 spiro atoms. The standard InChI is InChI=1S/C17H13FN2OS2/c18-13-8-4-5-9-14(13)19-16(21)11-23-17-20-15(10-22-17)12-6-2-1-3-7-12/h1-10H,11H2,(H,19,21). The van der Waals surface area contributed by atoms with E-state index in [-0.39, 0.29) is 17.3 Å². The van der Waals surface area contributed by atoms with Crippen LogP contribution in [0.1, 0.15) is 0 Å². The number of carbonyl (C=O) groups is 1. The fourth-order valence-electron chi connectivity index (χ4n) is 1.94. The molecule has 116 valence electrons. The van der Waals surface area contributed by atoms with Gasteiger partial charge >= 0.3 is 0 Å². The predicted molar refractivity (Wildman–Crippen MR) is 93.3 cm³/mol. The first kappa shape index (κ1) is 15.7. The minimum Gasteiger partial charge on any atom is -0.323 e. The van der Waals surface area contributed by atoms with Gasteiger partial charge < -0.3 is 5.32 Å². The van der Waals surface area contributed by atoms with Gasteiger partial charge in [-0.2, -0.15) is 0 Å². The largest absolute Gasteiger partial charge is 0.323 e. The highest BCUT2D eigenvalue weighted by atomic mass is 32.2. The van der Waals surface area contributed by atoms with Crippen molar-refractivity contribution in [2.45, 2.75) is 4.34 Å². The molecule has 0 fully saturated rings. The molecule has 2 aromatic carbocycles. The maximum absolute atomic E-state index is 13.5. The number of benzene rings is 2. The summed E-state index contributed by atoms with van der Waals surface area (Å²) in [5.74, 6) is -0.501. The number of thioether (sulfide) groups is 1. The molecule has 0 saturated carbocycles. The second-order valence-corrected chi connectivity index (χ2v) is 6.76. The maximum Gasteiger partial charge on any atom is 0.234 e. The van der Waals surface area contributed by atoms with Crippen LogP contribution in [-0.4, -0.2) is 16.6 Å². The van der Waals surface area contributed by atoms with Crippen LogP contribution in [0.2, 0.25) is 0 Å². The van der Waals surface area contributed by atoms with E-state index in [0.717, 1.165) is 15.6 Å². The van der Waals surface area contributed by atoms with E-state index in [1.165, 1.54) is 35.2 Å². The summed E-state index contributed by atoms with van der Waals surface area (Å²) in [5, 5.41) is 4.53. The quantitative estimate of drug-likeness (QED) is 0.683. The Morgan fingerprint density at radius 1 is 1.13 bits per heavy atom. The SMILES string of the molecule is O=C(CSc1nc(-c2ccccc2)cs1)Nc1ccccc1F. The zero-order chi connectivity index (χ0) is 16.1. The van der Waals surface area contributed by atoms with Gasteiger partial charge in [0, 0.05) is 10.9 Å². The predicted octanol–water partition coefficient (Wildman–Crippen LogP) is 4.68. The normalized spacial score (nSPS) is 10.5. The van der Waals surface area contributed by atoms with E-state index in [0.29, 0.717) is 0 Å². The number of halogens is 1. The van der Waals surface area contributed by atoms with Crippen molar-refractivity contribution in [1.29, 1.82) is 0 Å². The van der Waals surface area contributed by atoms with Gasteiger partial charge in [-0.15, -0.1) is 11.3 Å². The molecule has 3 nitrogen and oxygen atoms in total. The lowest BCUT2D eigenvalue weighted by Crippen LogP contribution is -2.14. The number of hydrogen-bond donors (Lipinski definition) is 1. The van der Waals surface area contributed by atoms with E-state index in [1.54, 1.807) is 12.1 Å². The summed E-state index contributed by atoms with van der Waals surface area (Å²) in [5.41, 5.74) is 2.14. The van der Waals surface area contributed by atoms with Crippen molar-refractivity contribution in [3.05, 3.63) is 65.8 Å². The number of nitrogens with zero attached hydrogens (tertiary/aromatic N) is 1. The third-order valence-electron chi connectivity index (χ3n) is 3.03. The third-order valence-corrected chi connectivity index (χ3v) is 5.05. The second-order valence-electron chi connectivity index (χ2n) is 4.68. The number of thiazole rings is 1. The van der Waals surface area contributed by atoms with E-state index in [1.807, 2.05) is 35.7 Å². The minimum atomic E-state index is -0.438. The van der Waals surface area contributed by atoms with Gasteiger partial charge in [0.1, 0.15) is 5.82 Å². The summed E-state index contributed by atoms with van der Waals surface area (Å²) in [7, 11) is 0. The molecule has 1 heterocycles. The van der Waals surface area contributed by atoms with Gasteiger partial charge in [0.15, 0.2) is 4.34 Å². The first-order chi connectivity index (χ1) is 11.2. The van der Waals surface area contributed by atoms with Crippen LogP contribution in [-0.2, 0) is 4.79 Å². The van der Waals surface area contributed by atoms with Crippen LogP contribution >= 0.6 is 23.1 Å². The molecule has 0 unspecified atom stereocenters. The van der Waals surface area contributed by atoms with Crippen LogP contribution in [0.5, 0.6) is 0 Å². The molecule has 3 rings (SSSR count). The lowest BCUT2D eigenvalue weighted by Gasteiger charge is -2.04. The second kappa shape index (κ2) is 7.39. The van der Waals surface area contributed by atoms with E-state index in [4.69, 9.17) is 0 Å². The van der Waals surface area contributed by atoms with Crippen molar-refractivity contribution in [2.24, 2.45) is 0 Å². The highest BCUT2D eigenvalue weighted by Gasteiger charge is 2.09. The number of amides is 1. The Bertz CT molecular complexity index is 805. The van der Waals surface area contributed by atoms with E-state index < -0.39 is 5.82 Å². The highest BCUT2D eigenvalue weighted by molar-refractivity contribution is 8.01. The fraction of sp³-hybridized carbons (Fsp3) is 0.0588. The van der Waals surface area contributed by atoms with Crippen molar-refractivity contribution in [1.82, 2.24) is 4.98 Å². The zero-order valence-corrected chi connectivity index (χ0v) is 13.7. The molecule has 23 heavy (non-hydrogen) atoms. The van der Waals surface area contributed by atoms with E-state index in [2.05, 4.69) is 10.3 Å². The van der Waals surface area contributed by atoms with Gasteiger partial charge in [-0.1, -0.05) is 54.2 Å². The Labute approximate surface area is 141 Å². The summed E-state index contributed by atoms with van der Waals surface area (Å²) in [6.45, 7) is 0. The molecular formula is C17H13FN2OS2. The lowest BCUT2D eigenvalue weighted by molar-refractivity contribution is -0.113. The van der Waals surface area contributed by atoms with Crippen LogP contribution in [0, 0.1) is 5.82 Å². The van der Waals surface area contributed by atoms with Gasteiger partial charge in [0.05, 0.1) is 17.1 Å². The van der Waals surface area contributed by atoms with Crippen LogP contribution in [0.25, 0.3) is 11.3 Å². The zero-order valence-electron chi connectivity index (χ0n) is 12.0. The molecule has 1 amide bonds. The Morgan fingerprint density at radius 2 is 1.87 bits per heavy atom. The molecule has 1 aromatic heterocycles. The fourth-order valence-corrected chi connectivity index (χ4v) is 3.58. The number of anilines is 1. The summed E-state index contributed by atoms with van der Waals surface area (Å²) in [6.07, 6.45) is 0. The summed E-state index contributed by atoms with van der Waals surface area (Å²) < 4.78 is 14.3. The topological polar surface area (TPSA) is 42.0 Å². The molecule has 0 aliphatic heterocycles. The molecule has 0 saturated heterocycles. The Morgan fingerprint density at radius 3 is 2.65 bits per heavy atom. The number of nitrogens with one attached hydrogen (secondary N) is 1. The summed E-state index contributed by atoms with van der Waals surface area (Å²) in [4.78, 5) is 16.4. The lowest BCUT2D eigenvalue weighted by atomic mass is 10.2. The van der Waals surface area contributed by atoms with Gasteiger partial charge in [-0.05, 0) is 12.1 Å². The number of rotatable bonds is 5. The van der Waals surface area contributed by atoms with Gasteiger partial charge in [-0.3, -0.25) is 4.79 Å². The van der Waals surface area contributed by atoms with Gasteiger partial charge in [0.25, 0.3) is 0 Å². The van der Waals surface area contributed by atoms with Crippen LogP contribution in [0.15, 0.2) is 64.3 Å². The Balaban J connectivity index is 1.58. The molecule has 1 N–H and O–H groups in total. The van der Waals surface area contributed by atoms with E-state index >= 15 is 0 Å². The number of aromatic nitrogens is 1. The minimum absolute atomic E-state index is 0.191. The first-order valence-corrected chi connectivity index (χ1v) is 8.77. The maximum atomic E-state index is 13.5. The smallest absolute Gasteiger partial charge is 0.234 e. The van der Waals surface area contributed by atoms with Crippen LogP contribution in [0.3, 0.4) is 0 Å². The average Bonchev–Trinajstić information content (AvgIpc) is 3.05. The highest BCUT2D eigenvalue weighted by Crippen LogP contribution is 2.28. The van der Waals surface area contributed by atoms with E-state index in [9.17, 15) is 9.18 Å². The number of hydrogen-bond acceptors (Lipinski definition) is 4.